The maximum atomic E-state index is 12.8. The van der Waals surface area contributed by atoms with Crippen molar-refractivity contribution >= 4 is 27.3 Å². The summed E-state index contributed by atoms with van der Waals surface area (Å²) in [4.78, 5) is 2.66. The second-order valence-electron chi connectivity index (χ2n) is 7.66. The Morgan fingerprint density at radius 3 is 2.56 bits per heavy atom. The smallest absolute Gasteiger partial charge is 0.240 e. The molecule has 4 rings (SSSR count). The minimum Gasteiger partial charge on any atom is -0.369 e. The summed E-state index contributed by atoms with van der Waals surface area (Å²) < 4.78 is 28.5. The van der Waals surface area contributed by atoms with Crippen LogP contribution < -0.4 is 9.62 Å². The number of anilines is 1. The van der Waals surface area contributed by atoms with Gasteiger partial charge in [-0.05, 0) is 61.1 Å². The van der Waals surface area contributed by atoms with Crippen molar-refractivity contribution in [3.8, 4) is 0 Å². The normalized spacial score (nSPS) is 20.6. The fourth-order valence-electron chi connectivity index (χ4n) is 4.36. The Morgan fingerprint density at radius 2 is 1.81 bits per heavy atom. The molecule has 1 fully saturated rings. The number of halogens is 1. The molecule has 1 saturated carbocycles. The molecule has 1 unspecified atom stereocenters. The van der Waals surface area contributed by atoms with Gasteiger partial charge in [0.25, 0.3) is 0 Å². The average molecular weight is 405 g/mol. The van der Waals surface area contributed by atoms with E-state index >= 15 is 0 Å². The van der Waals surface area contributed by atoms with Crippen LogP contribution in [0.3, 0.4) is 0 Å². The molecular formula is C21H25ClN2O2S. The maximum Gasteiger partial charge on any atom is 0.240 e. The Morgan fingerprint density at radius 1 is 1.07 bits per heavy atom. The summed E-state index contributed by atoms with van der Waals surface area (Å²) >= 11 is 6.21. The summed E-state index contributed by atoms with van der Waals surface area (Å²) in [5.74, 6) is 0.693. The molecule has 1 aliphatic carbocycles. The van der Waals surface area contributed by atoms with Crippen LogP contribution in [0.1, 0.15) is 31.2 Å². The van der Waals surface area contributed by atoms with Gasteiger partial charge in [-0.25, -0.2) is 13.1 Å². The number of benzene rings is 2. The van der Waals surface area contributed by atoms with Crippen molar-refractivity contribution < 1.29 is 8.42 Å². The lowest BCUT2D eigenvalue weighted by molar-refractivity contribution is 0.481. The Labute approximate surface area is 166 Å². The summed E-state index contributed by atoms with van der Waals surface area (Å²) in [6, 6.07) is 14.4. The van der Waals surface area contributed by atoms with Gasteiger partial charge < -0.3 is 4.90 Å². The highest BCUT2D eigenvalue weighted by molar-refractivity contribution is 7.89. The van der Waals surface area contributed by atoms with Crippen LogP contribution in [0.5, 0.6) is 0 Å². The third-order valence-electron chi connectivity index (χ3n) is 5.62. The van der Waals surface area contributed by atoms with Crippen molar-refractivity contribution in [2.24, 2.45) is 5.92 Å². The SMILES string of the molecule is O=S(=O)(NC1Cc2cc(Cl)ccc2N(CC2CCCC2)C1)c1ccccc1. The molecule has 6 heteroatoms. The number of rotatable bonds is 5. The second kappa shape index (κ2) is 7.82. The van der Waals surface area contributed by atoms with Crippen LogP contribution in [-0.2, 0) is 16.4 Å². The molecule has 2 aromatic rings. The van der Waals surface area contributed by atoms with Crippen LogP contribution in [0.2, 0.25) is 5.02 Å². The lowest BCUT2D eigenvalue weighted by Crippen LogP contribution is -2.49. The number of fused-ring (bicyclic) bond motifs is 1. The Balaban J connectivity index is 1.57. The van der Waals surface area contributed by atoms with E-state index in [0.717, 1.165) is 12.1 Å². The van der Waals surface area contributed by atoms with Gasteiger partial charge in [0.05, 0.1) is 4.90 Å². The van der Waals surface area contributed by atoms with E-state index in [2.05, 4.69) is 15.7 Å². The molecular weight excluding hydrogens is 380 g/mol. The molecule has 27 heavy (non-hydrogen) atoms. The van der Waals surface area contributed by atoms with Gasteiger partial charge in [0.15, 0.2) is 0 Å². The van der Waals surface area contributed by atoms with E-state index in [1.807, 2.05) is 18.2 Å². The minimum absolute atomic E-state index is 0.164. The zero-order valence-electron chi connectivity index (χ0n) is 15.3. The topological polar surface area (TPSA) is 49.4 Å². The first kappa shape index (κ1) is 18.8. The Hall–Kier alpha value is -1.56. The maximum absolute atomic E-state index is 12.8. The van der Waals surface area contributed by atoms with Gasteiger partial charge >= 0.3 is 0 Å². The van der Waals surface area contributed by atoms with Gasteiger partial charge in [-0.15, -0.1) is 0 Å². The van der Waals surface area contributed by atoms with E-state index in [0.29, 0.717) is 28.8 Å². The van der Waals surface area contributed by atoms with Crippen LogP contribution in [-0.4, -0.2) is 27.5 Å². The fraction of sp³-hybridized carbons (Fsp3) is 0.429. The van der Waals surface area contributed by atoms with Crippen molar-refractivity contribution in [3.05, 3.63) is 59.1 Å². The standard InChI is InChI=1S/C21H25ClN2O2S/c22-18-10-11-21-17(12-18)13-19(15-24(21)14-16-6-4-5-7-16)23-27(25,26)20-8-2-1-3-9-20/h1-3,8-12,16,19,23H,4-7,13-15H2. The van der Waals surface area contributed by atoms with Crippen LogP contribution in [0.25, 0.3) is 0 Å². The number of nitrogens with zero attached hydrogens (tertiary/aromatic N) is 1. The fourth-order valence-corrected chi connectivity index (χ4v) is 5.81. The molecule has 144 valence electrons. The second-order valence-corrected chi connectivity index (χ2v) is 9.81. The number of hydrogen-bond donors (Lipinski definition) is 1. The van der Waals surface area contributed by atoms with Crippen molar-refractivity contribution in [1.29, 1.82) is 0 Å². The molecule has 2 aromatic carbocycles. The molecule has 0 aromatic heterocycles. The molecule has 0 spiro atoms. The Kier molecular flexibility index (Phi) is 5.44. The minimum atomic E-state index is -3.53. The highest BCUT2D eigenvalue weighted by Gasteiger charge is 2.30. The average Bonchev–Trinajstić information content (AvgIpc) is 3.15. The van der Waals surface area contributed by atoms with Gasteiger partial charge in [-0.1, -0.05) is 42.6 Å². The molecule has 1 heterocycles. The van der Waals surface area contributed by atoms with Crippen LogP contribution in [0.4, 0.5) is 5.69 Å². The molecule has 2 aliphatic rings. The van der Waals surface area contributed by atoms with Gasteiger partial charge in [0.2, 0.25) is 10.0 Å². The molecule has 4 nitrogen and oxygen atoms in total. The van der Waals surface area contributed by atoms with Crippen molar-refractivity contribution in [2.75, 3.05) is 18.0 Å². The first-order valence-corrected chi connectivity index (χ1v) is 11.5. The number of hydrogen-bond acceptors (Lipinski definition) is 3. The third-order valence-corrected chi connectivity index (χ3v) is 7.39. The van der Waals surface area contributed by atoms with Gasteiger partial charge in [-0.3, -0.25) is 0 Å². The van der Waals surface area contributed by atoms with Gasteiger partial charge in [-0.2, -0.15) is 0 Å². The molecule has 1 N–H and O–H groups in total. The molecule has 0 radical (unpaired) electrons. The summed E-state index contributed by atoms with van der Waals surface area (Å²) in [7, 11) is -3.53. The van der Waals surface area contributed by atoms with Crippen LogP contribution >= 0.6 is 11.6 Å². The molecule has 1 aliphatic heterocycles. The molecule has 1 atom stereocenters. The third kappa shape index (κ3) is 4.31. The molecule has 0 saturated heterocycles. The molecule has 0 amide bonds. The monoisotopic (exact) mass is 404 g/mol. The van der Waals surface area contributed by atoms with Gasteiger partial charge in [0.1, 0.15) is 0 Å². The lowest BCUT2D eigenvalue weighted by Gasteiger charge is -2.38. The van der Waals surface area contributed by atoms with Crippen molar-refractivity contribution in [3.63, 3.8) is 0 Å². The molecule has 0 bridgehead atoms. The highest BCUT2D eigenvalue weighted by atomic mass is 35.5. The first-order chi connectivity index (χ1) is 13.0. The Bertz CT molecular complexity index is 896. The zero-order chi connectivity index (χ0) is 18.9. The lowest BCUT2D eigenvalue weighted by atomic mass is 9.96. The van der Waals surface area contributed by atoms with E-state index in [1.54, 1.807) is 24.3 Å². The summed E-state index contributed by atoms with van der Waals surface area (Å²) in [5.41, 5.74) is 2.31. The predicted octanol–water partition coefficient (Wildman–Crippen LogP) is 4.24. The van der Waals surface area contributed by atoms with Gasteiger partial charge in [0, 0.05) is 29.8 Å². The van der Waals surface area contributed by atoms with E-state index in [-0.39, 0.29) is 6.04 Å². The number of nitrogens with one attached hydrogen (secondary N) is 1. The quantitative estimate of drug-likeness (QED) is 0.810. The first-order valence-electron chi connectivity index (χ1n) is 9.62. The van der Waals surface area contributed by atoms with Crippen LogP contribution in [0, 0.1) is 5.92 Å². The zero-order valence-corrected chi connectivity index (χ0v) is 16.8. The van der Waals surface area contributed by atoms with E-state index < -0.39 is 10.0 Å². The number of sulfonamides is 1. The van der Waals surface area contributed by atoms with Crippen molar-refractivity contribution in [1.82, 2.24) is 4.72 Å². The largest absolute Gasteiger partial charge is 0.369 e. The summed E-state index contributed by atoms with van der Waals surface area (Å²) in [6.07, 6.45) is 5.79. The summed E-state index contributed by atoms with van der Waals surface area (Å²) in [5, 5.41) is 0.695. The van der Waals surface area contributed by atoms with Crippen molar-refractivity contribution in [2.45, 2.75) is 43.0 Å². The summed E-state index contributed by atoms with van der Waals surface area (Å²) in [6.45, 7) is 1.68. The van der Waals surface area contributed by atoms with Crippen LogP contribution in [0.15, 0.2) is 53.4 Å². The predicted molar refractivity (Wildman–Crippen MR) is 110 cm³/mol. The van der Waals surface area contributed by atoms with E-state index in [4.69, 9.17) is 11.6 Å². The van der Waals surface area contributed by atoms with E-state index in [1.165, 1.54) is 31.4 Å². The highest BCUT2D eigenvalue weighted by Crippen LogP contribution is 2.33. The van der Waals surface area contributed by atoms with E-state index in [9.17, 15) is 8.42 Å².